The number of hydrogen-bond donors (Lipinski definition) is 1. The van der Waals surface area contributed by atoms with Gasteiger partial charge in [-0.1, -0.05) is 23.7 Å². The van der Waals surface area contributed by atoms with Gasteiger partial charge in [-0.15, -0.1) is 0 Å². The van der Waals surface area contributed by atoms with Crippen LogP contribution in [0.4, 0.5) is 0 Å². The van der Waals surface area contributed by atoms with E-state index in [0.29, 0.717) is 30.1 Å². The van der Waals surface area contributed by atoms with Gasteiger partial charge in [0.1, 0.15) is 12.1 Å². The first-order valence-electron chi connectivity index (χ1n) is 11.1. The van der Waals surface area contributed by atoms with Gasteiger partial charge >= 0.3 is 0 Å². The van der Waals surface area contributed by atoms with E-state index in [4.69, 9.17) is 11.6 Å². The number of nitrogens with zero attached hydrogens (tertiary/aromatic N) is 2. The molecule has 2 atom stereocenters. The number of nitrogens with one attached hydrogen (secondary N) is 1. The van der Waals surface area contributed by atoms with Crippen LogP contribution in [-0.4, -0.2) is 60.7 Å². The average molecular weight is 476 g/mol. The van der Waals surface area contributed by atoms with Gasteiger partial charge in [-0.3, -0.25) is 9.59 Å². The fourth-order valence-corrected chi connectivity index (χ4v) is 6.87. The zero-order valence-electron chi connectivity index (χ0n) is 17.8. The third kappa shape index (κ3) is 3.68. The highest BCUT2D eigenvalue weighted by Crippen LogP contribution is 2.38. The minimum absolute atomic E-state index is 0.0138. The highest BCUT2D eigenvalue weighted by Gasteiger charge is 2.46. The third-order valence-electron chi connectivity index (χ3n) is 7.15. The molecule has 1 N–H and O–H groups in total. The maximum absolute atomic E-state index is 13.1. The number of sulfonamides is 1. The summed E-state index contributed by atoms with van der Waals surface area (Å²) in [6.45, 7) is 2.11. The molecule has 0 aliphatic carbocycles. The molecule has 0 aromatic heterocycles. The van der Waals surface area contributed by atoms with Gasteiger partial charge < -0.3 is 9.80 Å². The Hall–Kier alpha value is -2.16. The maximum Gasteiger partial charge on any atom is 0.245 e. The van der Waals surface area contributed by atoms with Crippen molar-refractivity contribution in [2.75, 3.05) is 6.54 Å². The van der Waals surface area contributed by atoms with E-state index in [0.717, 1.165) is 36.5 Å². The first-order valence-corrected chi connectivity index (χ1v) is 12.9. The second-order valence-corrected chi connectivity index (χ2v) is 11.2. The Morgan fingerprint density at radius 3 is 2.34 bits per heavy atom. The van der Waals surface area contributed by atoms with Crippen LogP contribution in [0.15, 0.2) is 41.3 Å². The van der Waals surface area contributed by atoms with Crippen LogP contribution in [0.1, 0.15) is 39.0 Å². The molecule has 32 heavy (non-hydrogen) atoms. The minimum Gasteiger partial charge on any atom is -0.335 e. The molecule has 9 heteroatoms. The van der Waals surface area contributed by atoms with Crippen LogP contribution >= 0.6 is 11.6 Å². The Kier molecular flexibility index (Phi) is 5.42. The fraction of sp³-hybridized carbons (Fsp3) is 0.478. The summed E-state index contributed by atoms with van der Waals surface area (Å²) in [5.74, 6) is -0.353. The van der Waals surface area contributed by atoms with Crippen molar-refractivity contribution in [1.29, 1.82) is 0 Å². The summed E-state index contributed by atoms with van der Waals surface area (Å²) in [6.07, 6.45) is 4.50. The SMILES string of the molecule is CC(C(=O)N1C2CCC1CC2)N1CC[C@H](NS(=O)(=O)c2ccc3cc(Cl)ccc3c2)C1=O. The number of rotatable bonds is 5. The zero-order chi connectivity index (χ0) is 22.6. The summed E-state index contributed by atoms with van der Waals surface area (Å²) < 4.78 is 28.5. The van der Waals surface area contributed by atoms with E-state index in [1.807, 2.05) is 4.90 Å². The maximum atomic E-state index is 13.1. The number of halogens is 1. The van der Waals surface area contributed by atoms with E-state index in [1.165, 1.54) is 11.0 Å². The van der Waals surface area contributed by atoms with Gasteiger partial charge in [0.2, 0.25) is 21.8 Å². The van der Waals surface area contributed by atoms with E-state index in [-0.39, 0.29) is 16.7 Å². The van der Waals surface area contributed by atoms with Gasteiger partial charge in [0.25, 0.3) is 0 Å². The summed E-state index contributed by atoms with van der Waals surface area (Å²) in [4.78, 5) is 29.7. The van der Waals surface area contributed by atoms with Crippen LogP contribution in [0.25, 0.3) is 10.8 Å². The lowest BCUT2D eigenvalue weighted by Crippen LogP contribution is -2.51. The van der Waals surface area contributed by atoms with E-state index in [2.05, 4.69) is 4.72 Å². The minimum atomic E-state index is -3.90. The van der Waals surface area contributed by atoms with Gasteiger partial charge in [-0.2, -0.15) is 4.72 Å². The van der Waals surface area contributed by atoms with Gasteiger partial charge in [0.15, 0.2) is 0 Å². The summed E-state index contributed by atoms with van der Waals surface area (Å²) in [5.41, 5.74) is 0. The third-order valence-corrected chi connectivity index (χ3v) is 8.86. The Morgan fingerprint density at radius 1 is 1.03 bits per heavy atom. The number of fused-ring (bicyclic) bond motifs is 3. The number of benzene rings is 2. The molecule has 3 fully saturated rings. The number of carbonyl (C=O) groups excluding carboxylic acids is 2. The second-order valence-electron chi connectivity index (χ2n) is 9.03. The lowest BCUT2D eigenvalue weighted by molar-refractivity contribution is -0.144. The molecule has 0 radical (unpaired) electrons. The van der Waals surface area contributed by atoms with Crippen molar-refractivity contribution in [3.05, 3.63) is 41.4 Å². The van der Waals surface area contributed by atoms with Crippen LogP contribution in [0.2, 0.25) is 5.02 Å². The molecular formula is C23H26ClN3O4S. The summed E-state index contributed by atoms with van der Waals surface area (Å²) >= 11 is 6.00. The van der Waals surface area contributed by atoms with Crippen molar-refractivity contribution in [3.8, 4) is 0 Å². The van der Waals surface area contributed by atoms with Crippen LogP contribution < -0.4 is 4.72 Å². The topological polar surface area (TPSA) is 86.8 Å². The van der Waals surface area contributed by atoms with E-state index in [1.54, 1.807) is 37.3 Å². The lowest BCUT2D eigenvalue weighted by atomic mass is 10.0. The highest BCUT2D eigenvalue weighted by molar-refractivity contribution is 7.89. The molecule has 2 amide bonds. The molecule has 170 valence electrons. The standard InChI is InChI=1S/C23H26ClN3O4S/c1-14(22(28)27-18-5-6-19(27)8-7-18)26-11-10-21(23(26)29)25-32(30,31)20-9-3-15-12-17(24)4-2-16(15)13-20/h2-4,9,12-14,18-19,21,25H,5-8,10-11H2,1H3/t14?,18?,19?,21-/m0/s1. The second kappa shape index (κ2) is 8.01. The molecule has 3 aliphatic heterocycles. The summed E-state index contributed by atoms with van der Waals surface area (Å²) in [7, 11) is -3.90. The van der Waals surface area contributed by atoms with Crippen LogP contribution in [0, 0.1) is 0 Å². The Morgan fingerprint density at radius 2 is 1.66 bits per heavy atom. The number of carbonyl (C=O) groups is 2. The lowest BCUT2D eigenvalue weighted by Gasteiger charge is -2.30. The zero-order valence-corrected chi connectivity index (χ0v) is 19.4. The number of hydrogen-bond acceptors (Lipinski definition) is 4. The first kappa shape index (κ1) is 21.7. The van der Waals surface area contributed by atoms with Crippen LogP contribution in [0.3, 0.4) is 0 Å². The van der Waals surface area contributed by atoms with Gasteiger partial charge in [-0.05, 0) is 74.1 Å². The molecule has 7 nitrogen and oxygen atoms in total. The summed E-state index contributed by atoms with van der Waals surface area (Å²) in [6, 6.07) is 9.15. The van der Waals surface area contributed by atoms with Crippen molar-refractivity contribution < 1.29 is 18.0 Å². The van der Waals surface area contributed by atoms with Crippen LogP contribution in [-0.2, 0) is 19.6 Å². The largest absolute Gasteiger partial charge is 0.335 e. The smallest absolute Gasteiger partial charge is 0.245 e. The quantitative estimate of drug-likeness (QED) is 0.720. The molecule has 0 spiro atoms. The van der Waals surface area contributed by atoms with Crippen molar-refractivity contribution in [2.45, 2.75) is 68.1 Å². The van der Waals surface area contributed by atoms with E-state index >= 15 is 0 Å². The van der Waals surface area contributed by atoms with E-state index in [9.17, 15) is 18.0 Å². The normalized spacial score (nSPS) is 26.3. The molecule has 0 saturated carbocycles. The molecule has 2 aromatic rings. The molecule has 1 unspecified atom stereocenters. The van der Waals surface area contributed by atoms with Crippen LogP contribution in [0.5, 0.6) is 0 Å². The average Bonchev–Trinajstić information content (AvgIpc) is 3.47. The first-order chi connectivity index (χ1) is 15.2. The van der Waals surface area contributed by atoms with Crippen molar-refractivity contribution >= 4 is 44.2 Å². The molecule has 2 aromatic carbocycles. The molecular weight excluding hydrogens is 450 g/mol. The Labute approximate surface area is 192 Å². The molecule has 2 bridgehead atoms. The van der Waals surface area contributed by atoms with Crippen molar-refractivity contribution in [3.63, 3.8) is 0 Å². The molecule has 5 rings (SSSR count). The fourth-order valence-electron chi connectivity index (χ4n) is 5.43. The Balaban J connectivity index is 1.29. The number of amides is 2. The number of likely N-dealkylation sites (tertiary alicyclic amines) is 1. The molecule has 3 heterocycles. The predicted molar refractivity (Wildman–Crippen MR) is 122 cm³/mol. The van der Waals surface area contributed by atoms with Gasteiger partial charge in [-0.25, -0.2) is 8.42 Å². The highest BCUT2D eigenvalue weighted by atomic mass is 35.5. The Bertz CT molecular complexity index is 1180. The predicted octanol–water partition coefficient (Wildman–Crippen LogP) is 2.91. The monoisotopic (exact) mass is 475 g/mol. The van der Waals surface area contributed by atoms with Crippen molar-refractivity contribution in [1.82, 2.24) is 14.5 Å². The molecule has 3 aliphatic rings. The van der Waals surface area contributed by atoms with Crippen molar-refractivity contribution in [2.24, 2.45) is 0 Å². The summed E-state index contributed by atoms with van der Waals surface area (Å²) in [5, 5.41) is 2.16. The van der Waals surface area contributed by atoms with E-state index < -0.39 is 22.1 Å². The van der Waals surface area contributed by atoms with Gasteiger partial charge in [0.05, 0.1) is 4.90 Å². The molecule has 3 saturated heterocycles. The van der Waals surface area contributed by atoms with Gasteiger partial charge in [0, 0.05) is 23.7 Å².